The van der Waals surface area contributed by atoms with Crippen molar-refractivity contribution in [2.45, 2.75) is 32.1 Å². The highest BCUT2D eigenvalue weighted by atomic mass is 19.5. The van der Waals surface area contributed by atoms with Gasteiger partial charge in [-0.25, -0.2) is 0 Å². The number of halogens is 4. The Morgan fingerprint density at radius 1 is 0.615 bits per heavy atom. The van der Waals surface area contributed by atoms with Crippen molar-refractivity contribution in [3.63, 3.8) is 0 Å². The lowest BCUT2D eigenvalue weighted by Crippen LogP contribution is -2.16. The van der Waals surface area contributed by atoms with Crippen LogP contribution in [0.15, 0.2) is 60.7 Å². The van der Waals surface area contributed by atoms with Crippen molar-refractivity contribution in [1.29, 1.82) is 0 Å². The summed E-state index contributed by atoms with van der Waals surface area (Å²) < 4.78 is 41.4. The fourth-order valence-electron chi connectivity index (χ4n) is 3.41. The van der Waals surface area contributed by atoms with Gasteiger partial charge in [0.2, 0.25) is 16.7 Å². The molecule has 4 rings (SSSR count). The molecule has 0 N–H and O–H groups in total. The van der Waals surface area contributed by atoms with E-state index in [-0.39, 0.29) is 0 Å². The normalized spacial score (nSPS) is 14.2. The predicted molar refractivity (Wildman–Crippen MR) is 97.7 cm³/mol. The summed E-state index contributed by atoms with van der Waals surface area (Å²) in [5, 5.41) is 1.49. The minimum Gasteiger partial charge on any atom is -0.418 e. The molecule has 0 aliphatic heterocycles. The molecule has 0 fully saturated rings. The first-order chi connectivity index (χ1) is 12.4. The van der Waals surface area contributed by atoms with Crippen LogP contribution in [0.3, 0.4) is 0 Å². The van der Waals surface area contributed by atoms with Gasteiger partial charge in [0.05, 0.1) is 0 Å². The summed E-state index contributed by atoms with van der Waals surface area (Å²) in [6.07, 6.45) is 6.61. The maximum absolute atomic E-state index is 9.75. The van der Waals surface area contributed by atoms with Crippen LogP contribution in [0.4, 0.5) is 28.6 Å². The van der Waals surface area contributed by atoms with E-state index in [0.717, 1.165) is 0 Å². The SMILES string of the molecule is F[B-](F)(F)F.c1ccc([N+](c2ccccc2)=c2c3c2CCCCC3)cc1. The molecule has 1 nitrogen and oxygen atoms in total. The number of hydrogen-bond donors (Lipinski definition) is 0. The predicted octanol–water partition coefficient (Wildman–Crippen LogP) is 5.57. The number of hydrogen-bond acceptors (Lipinski definition) is 0. The zero-order valence-corrected chi connectivity index (χ0v) is 14.3. The molecule has 0 radical (unpaired) electrons. The molecule has 1 aliphatic rings. The summed E-state index contributed by atoms with van der Waals surface area (Å²) >= 11 is 0. The Labute approximate surface area is 150 Å². The Bertz CT molecular complexity index is 794. The van der Waals surface area contributed by atoms with E-state index in [1.165, 1.54) is 48.8 Å². The van der Waals surface area contributed by atoms with Crippen molar-refractivity contribution < 1.29 is 17.3 Å². The molecule has 0 unspecified atom stereocenters. The quantitative estimate of drug-likeness (QED) is 0.243. The molecule has 0 aromatic heterocycles. The van der Waals surface area contributed by atoms with Crippen LogP contribution in [0.5, 0.6) is 0 Å². The Balaban J connectivity index is 0.000000349. The van der Waals surface area contributed by atoms with Crippen LogP contribution in [0.25, 0.3) is 0 Å². The van der Waals surface area contributed by atoms with Gasteiger partial charge in [0.25, 0.3) is 0 Å². The molecule has 26 heavy (non-hydrogen) atoms. The monoisotopic (exact) mass is 361 g/mol. The second kappa shape index (κ2) is 7.89. The van der Waals surface area contributed by atoms with Crippen molar-refractivity contribution in [2.75, 3.05) is 0 Å². The molecule has 0 heterocycles. The number of fused-ring (bicyclic) bond motifs is 1. The maximum Gasteiger partial charge on any atom is 0.673 e. The van der Waals surface area contributed by atoms with Crippen LogP contribution in [0.1, 0.15) is 30.4 Å². The van der Waals surface area contributed by atoms with Crippen LogP contribution in [0.2, 0.25) is 0 Å². The number of rotatable bonds is 2. The fourth-order valence-corrected chi connectivity index (χ4v) is 3.41. The van der Waals surface area contributed by atoms with E-state index in [2.05, 4.69) is 65.2 Å². The molecular weight excluding hydrogens is 341 g/mol. The molecule has 3 aromatic carbocycles. The molecule has 0 saturated heterocycles. The van der Waals surface area contributed by atoms with E-state index in [1.807, 2.05) is 0 Å². The first-order valence-electron chi connectivity index (χ1n) is 8.82. The van der Waals surface area contributed by atoms with Crippen molar-refractivity contribution in [3.8, 4) is 0 Å². The molecule has 0 spiro atoms. The zero-order valence-electron chi connectivity index (χ0n) is 14.3. The lowest BCUT2D eigenvalue weighted by atomic mass is 10.2. The summed E-state index contributed by atoms with van der Waals surface area (Å²) in [4.78, 5) is 0. The summed E-state index contributed by atoms with van der Waals surface area (Å²) in [6.45, 7) is 0. The topological polar surface area (TPSA) is 3.01 Å². The first kappa shape index (κ1) is 18.4. The van der Waals surface area contributed by atoms with Gasteiger partial charge < -0.3 is 17.3 Å². The van der Waals surface area contributed by atoms with Gasteiger partial charge >= 0.3 is 7.25 Å². The lowest BCUT2D eigenvalue weighted by Gasteiger charge is -2.00. The first-order valence-corrected chi connectivity index (χ1v) is 8.82. The molecule has 0 bridgehead atoms. The highest BCUT2D eigenvalue weighted by Crippen LogP contribution is 2.26. The van der Waals surface area contributed by atoms with Crippen LogP contribution in [-0.4, -0.2) is 7.25 Å². The Hall–Kier alpha value is -2.37. The molecule has 1 aliphatic carbocycles. The fraction of sp³-hybridized carbons (Fsp3) is 0.250. The number of nitrogens with zero attached hydrogens (tertiary/aromatic N) is 1. The molecular formula is C20H20BF4N. The van der Waals surface area contributed by atoms with Crippen molar-refractivity contribution in [3.05, 3.63) is 77.1 Å². The van der Waals surface area contributed by atoms with Gasteiger partial charge in [-0.2, -0.15) is 4.58 Å². The standard InChI is InChI=1S/C20H20N.BF4/c1-4-10-16(11-5-1)21(17-12-6-2-7-13-17)20-18-14-8-3-9-15-19(18)20;2-1(3,4)5/h1-2,4-7,10-13H,3,8-9,14-15H2;/q+1;-1. The minimum atomic E-state index is -6.00. The van der Waals surface area contributed by atoms with E-state index < -0.39 is 7.25 Å². The average molecular weight is 361 g/mol. The summed E-state index contributed by atoms with van der Waals surface area (Å²) in [5.41, 5.74) is 5.79. The van der Waals surface area contributed by atoms with Gasteiger partial charge in [0, 0.05) is 35.4 Å². The Morgan fingerprint density at radius 3 is 1.38 bits per heavy atom. The number of benzene rings is 2. The average Bonchev–Trinajstić information content (AvgIpc) is 3.32. The number of para-hydroxylation sites is 2. The van der Waals surface area contributed by atoms with Gasteiger partial charge in [0.1, 0.15) is 0 Å². The van der Waals surface area contributed by atoms with Crippen LogP contribution < -0.4 is 9.93 Å². The van der Waals surface area contributed by atoms with Gasteiger partial charge in [-0.1, -0.05) is 42.8 Å². The van der Waals surface area contributed by atoms with E-state index in [9.17, 15) is 17.3 Å². The molecule has 6 heteroatoms. The van der Waals surface area contributed by atoms with E-state index in [4.69, 9.17) is 0 Å². The van der Waals surface area contributed by atoms with Crippen molar-refractivity contribution in [1.82, 2.24) is 4.58 Å². The van der Waals surface area contributed by atoms with E-state index in [0.29, 0.717) is 0 Å². The maximum atomic E-state index is 9.75. The molecule has 0 amide bonds. The van der Waals surface area contributed by atoms with Gasteiger partial charge in [-0.15, -0.1) is 0 Å². The van der Waals surface area contributed by atoms with Gasteiger partial charge in [0.15, 0.2) is 0 Å². The van der Waals surface area contributed by atoms with Crippen molar-refractivity contribution in [2.24, 2.45) is 0 Å². The van der Waals surface area contributed by atoms with Crippen LogP contribution in [0, 0.1) is 0 Å². The second-order valence-corrected chi connectivity index (χ2v) is 6.37. The molecule has 0 saturated carbocycles. The Kier molecular flexibility index (Phi) is 5.59. The van der Waals surface area contributed by atoms with Crippen molar-refractivity contribution >= 4 is 18.6 Å². The highest BCUT2D eigenvalue weighted by molar-refractivity contribution is 6.50. The largest absolute Gasteiger partial charge is 0.673 e. The highest BCUT2D eigenvalue weighted by Gasteiger charge is 2.31. The minimum absolute atomic E-state index is 1.26. The summed E-state index contributed by atoms with van der Waals surface area (Å²) in [6, 6.07) is 21.5. The Morgan fingerprint density at radius 2 is 1.00 bits per heavy atom. The zero-order chi connectivity index (χ0) is 18.6. The van der Waals surface area contributed by atoms with E-state index in [1.54, 1.807) is 11.1 Å². The van der Waals surface area contributed by atoms with Crippen LogP contribution in [-0.2, 0) is 12.8 Å². The third kappa shape index (κ3) is 4.84. The summed E-state index contributed by atoms with van der Waals surface area (Å²) in [5.74, 6) is 0. The lowest BCUT2D eigenvalue weighted by molar-refractivity contribution is 0.368. The van der Waals surface area contributed by atoms with Gasteiger partial charge in [-0.05, 0) is 25.7 Å². The third-order valence-corrected chi connectivity index (χ3v) is 4.48. The van der Waals surface area contributed by atoms with Crippen LogP contribution >= 0.6 is 0 Å². The van der Waals surface area contributed by atoms with E-state index >= 15 is 0 Å². The molecule has 3 aromatic rings. The summed E-state index contributed by atoms with van der Waals surface area (Å²) in [7, 11) is -6.00. The molecule has 136 valence electrons. The van der Waals surface area contributed by atoms with Gasteiger partial charge in [-0.3, -0.25) is 0 Å². The molecule has 0 atom stereocenters. The smallest absolute Gasteiger partial charge is 0.418 e. The second-order valence-electron chi connectivity index (χ2n) is 6.37. The third-order valence-electron chi connectivity index (χ3n) is 4.48.